The summed E-state index contributed by atoms with van der Waals surface area (Å²) in [5.74, 6) is -0.400. The number of non-ortho nitro benzene ring substituents is 1. The quantitative estimate of drug-likeness (QED) is 0.304. The molecule has 0 amide bonds. The number of allylic oxidation sites excluding steroid dienone is 1. The maximum Gasteiger partial charge on any atom is 0.269 e. The van der Waals surface area contributed by atoms with Gasteiger partial charge in [-0.05, 0) is 85.2 Å². The highest BCUT2D eigenvalue weighted by atomic mass is 32.3. The summed E-state index contributed by atoms with van der Waals surface area (Å²) in [7, 11) is 0.677. The normalized spacial score (nSPS) is 20.8. The van der Waals surface area contributed by atoms with Crippen LogP contribution in [0.25, 0.3) is 4.91 Å². The summed E-state index contributed by atoms with van der Waals surface area (Å²) in [6, 6.07) is 10.7. The molecule has 3 rings (SSSR count). The van der Waals surface area contributed by atoms with Crippen LogP contribution in [0.4, 0.5) is 14.0 Å². The Morgan fingerprint density at radius 2 is 1.72 bits per heavy atom. The number of rotatable bonds is 8. The Hall–Kier alpha value is -2.51. The van der Waals surface area contributed by atoms with E-state index in [4.69, 9.17) is 0 Å². The van der Waals surface area contributed by atoms with Crippen molar-refractivity contribution in [2.75, 3.05) is 20.6 Å². The number of hydrogen-bond acceptors (Lipinski definition) is 3. The molecule has 172 valence electrons. The van der Waals surface area contributed by atoms with Crippen LogP contribution in [-0.4, -0.2) is 30.5 Å². The van der Waals surface area contributed by atoms with Crippen LogP contribution in [0.2, 0.25) is 0 Å². The average Bonchev–Trinajstić information content (AvgIpc) is 2.95. The molecule has 1 atom stereocenters. The topological polar surface area (TPSA) is 46.4 Å². The standard InChI is InChI=1S/C25H30F2N2O2S/c1-6-9-21-17(3)32(27,24-11-8-10-23(26)20(24)7-2)25(22(21)16-28(4)5)18-12-14-19(15-13-18)29(30)31/h8,10-15H,6-7,9,16H2,1-5H3. The van der Waals surface area contributed by atoms with E-state index in [0.29, 0.717) is 38.8 Å². The van der Waals surface area contributed by atoms with Crippen molar-refractivity contribution in [1.29, 1.82) is 0 Å². The summed E-state index contributed by atoms with van der Waals surface area (Å²) in [6.45, 7) is 6.27. The number of hydrogen-bond donors (Lipinski definition) is 0. The first kappa shape index (κ1) is 24.1. The molecule has 2 aromatic rings. The third-order valence-electron chi connectivity index (χ3n) is 5.81. The van der Waals surface area contributed by atoms with Crippen LogP contribution < -0.4 is 0 Å². The minimum Gasteiger partial charge on any atom is -0.305 e. The first-order valence-electron chi connectivity index (χ1n) is 10.8. The Kier molecular flexibility index (Phi) is 7.20. The van der Waals surface area contributed by atoms with E-state index in [1.807, 2.05) is 32.8 Å². The molecule has 1 heterocycles. The zero-order valence-electron chi connectivity index (χ0n) is 19.2. The molecular weight excluding hydrogens is 430 g/mol. The molecule has 0 radical (unpaired) electrons. The minimum absolute atomic E-state index is 0.0422. The zero-order valence-corrected chi connectivity index (χ0v) is 20.1. The van der Waals surface area contributed by atoms with Gasteiger partial charge in [-0.2, -0.15) is 3.89 Å². The van der Waals surface area contributed by atoms with Crippen molar-refractivity contribution in [3.63, 3.8) is 0 Å². The van der Waals surface area contributed by atoms with Crippen LogP contribution in [0.15, 0.2) is 63.4 Å². The molecule has 0 N–H and O–H groups in total. The van der Waals surface area contributed by atoms with Crippen molar-refractivity contribution in [2.45, 2.75) is 44.9 Å². The van der Waals surface area contributed by atoms with E-state index in [2.05, 4.69) is 6.92 Å². The number of nitro benzene ring substituents is 1. The van der Waals surface area contributed by atoms with Gasteiger partial charge in [0.25, 0.3) is 5.69 Å². The van der Waals surface area contributed by atoms with Crippen LogP contribution >= 0.6 is 10.4 Å². The third kappa shape index (κ3) is 4.11. The first-order valence-corrected chi connectivity index (χ1v) is 12.3. The summed E-state index contributed by atoms with van der Waals surface area (Å²) in [5.41, 5.74) is 2.86. The molecule has 1 aliphatic rings. The van der Waals surface area contributed by atoms with Gasteiger partial charge < -0.3 is 4.90 Å². The lowest BCUT2D eigenvalue weighted by molar-refractivity contribution is -0.384. The van der Waals surface area contributed by atoms with Gasteiger partial charge in [-0.15, -0.1) is 0 Å². The van der Waals surface area contributed by atoms with Gasteiger partial charge in [0, 0.05) is 38.9 Å². The van der Waals surface area contributed by atoms with Gasteiger partial charge in [0.05, 0.1) is 4.92 Å². The fourth-order valence-electron chi connectivity index (χ4n) is 4.39. The molecule has 0 fully saturated rings. The fraction of sp³-hybridized carbons (Fsp3) is 0.360. The number of benzene rings is 2. The van der Waals surface area contributed by atoms with Crippen LogP contribution in [0.5, 0.6) is 0 Å². The first-order chi connectivity index (χ1) is 15.2. The lowest BCUT2D eigenvalue weighted by Gasteiger charge is -2.34. The smallest absolute Gasteiger partial charge is 0.269 e. The van der Waals surface area contributed by atoms with E-state index in [9.17, 15) is 14.5 Å². The predicted octanol–water partition coefficient (Wildman–Crippen LogP) is 7.40. The van der Waals surface area contributed by atoms with Gasteiger partial charge in [0.2, 0.25) is 0 Å². The van der Waals surface area contributed by atoms with E-state index < -0.39 is 21.2 Å². The Labute approximate surface area is 190 Å². The van der Waals surface area contributed by atoms with Crippen LogP contribution in [-0.2, 0) is 6.42 Å². The summed E-state index contributed by atoms with van der Waals surface area (Å²) in [4.78, 5) is 14.3. The number of nitro groups is 1. The van der Waals surface area contributed by atoms with E-state index in [0.717, 1.165) is 24.0 Å². The number of halogens is 2. The summed E-state index contributed by atoms with van der Waals surface area (Å²) in [6.07, 6.45) is 1.96. The second-order valence-corrected chi connectivity index (χ2v) is 10.8. The van der Waals surface area contributed by atoms with Crippen molar-refractivity contribution < 1.29 is 13.2 Å². The summed E-state index contributed by atoms with van der Waals surface area (Å²) < 4.78 is 32.4. The fourth-order valence-corrected chi connectivity index (χ4v) is 7.65. The second kappa shape index (κ2) is 9.55. The lowest BCUT2D eigenvalue weighted by Crippen LogP contribution is -2.16. The van der Waals surface area contributed by atoms with E-state index in [1.54, 1.807) is 24.3 Å². The van der Waals surface area contributed by atoms with Gasteiger partial charge in [-0.1, -0.05) is 26.3 Å². The Morgan fingerprint density at radius 3 is 2.25 bits per heavy atom. The third-order valence-corrected chi connectivity index (χ3v) is 8.94. The van der Waals surface area contributed by atoms with E-state index in [1.165, 1.54) is 18.2 Å². The molecule has 1 unspecified atom stereocenters. The number of likely N-dealkylation sites (N-methyl/N-ethyl adjacent to an activating group) is 1. The average molecular weight is 461 g/mol. The molecule has 0 spiro atoms. The van der Waals surface area contributed by atoms with Crippen molar-refractivity contribution in [1.82, 2.24) is 4.90 Å². The van der Waals surface area contributed by atoms with Crippen molar-refractivity contribution in [3.05, 3.63) is 85.6 Å². The molecule has 0 bridgehead atoms. The SMILES string of the molecule is CCCC1=C(C)S(F)(c2cccc(F)c2CC)C(c2ccc([N+](=O)[O-])cc2)=C1CN(C)C. The lowest BCUT2D eigenvalue weighted by atomic mass is 9.98. The Balaban J connectivity index is 2.38. The van der Waals surface area contributed by atoms with Gasteiger partial charge in [-0.25, -0.2) is 4.39 Å². The van der Waals surface area contributed by atoms with E-state index in [-0.39, 0.29) is 5.69 Å². The second-order valence-electron chi connectivity index (χ2n) is 8.24. The summed E-state index contributed by atoms with van der Waals surface area (Å²) in [5, 5.41) is 11.2. The highest BCUT2D eigenvalue weighted by molar-refractivity contribution is 8.40. The number of nitrogens with zero attached hydrogens (tertiary/aromatic N) is 2. The van der Waals surface area contributed by atoms with Crippen LogP contribution in [0, 0.1) is 15.9 Å². The van der Waals surface area contributed by atoms with Crippen LogP contribution in [0.3, 0.4) is 0 Å². The largest absolute Gasteiger partial charge is 0.305 e. The molecule has 0 saturated heterocycles. The molecule has 4 nitrogen and oxygen atoms in total. The predicted molar refractivity (Wildman–Crippen MR) is 129 cm³/mol. The molecule has 0 aliphatic carbocycles. The van der Waals surface area contributed by atoms with Crippen molar-refractivity contribution >= 4 is 21.0 Å². The van der Waals surface area contributed by atoms with Gasteiger partial charge in [0.15, 0.2) is 0 Å². The van der Waals surface area contributed by atoms with Gasteiger partial charge in [-0.3, -0.25) is 10.1 Å². The minimum atomic E-state index is -3.20. The monoisotopic (exact) mass is 460 g/mol. The molecular formula is C25H30F2N2O2S. The zero-order chi connectivity index (χ0) is 23.6. The molecule has 1 aliphatic heterocycles. The molecule has 32 heavy (non-hydrogen) atoms. The molecule has 7 heteroatoms. The summed E-state index contributed by atoms with van der Waals surface area (Å²) >= 11 is 0. The van der Waals surface area contributed by atoms with Gasteiger partial charge in [0.1, 0.15) is 5.82 Å². The highest BCUT2D eigenvalue weighted by Gasteiger charge is 2.44. The Bertz CT molecular complexity index is 1090. The Morgan fingerprint density at radius 1 is 1.06 bits per heavy atom. The van der Waals surface area contributed by atoms with Gasteiger partial charge >= 0.3 is 0 Å². The highest BCUT2D eigenvalue weighted by Crippen LogP contribution is 2.78. The van der Waals surface area contributed by atoms with Crippen molar-refractivity contribution in [2.24, 2.45) is 0 Å². The molecule has 0 aromatic heterocycles. The maximum absolute atomic E-state index is 17.6. The molecule has 0 saturated carbocycles. The van der Waals surface area contributed by atoms with Crippen LogP contribution in [0.1, 0.15) is 44.7 Å². The van der Waals surface area contributed by atoms with E-state index >= 15 is 3.89 Å². The maximum atomic E-state index is 17.6. The molecule has 2 aromatic carbocycles. The van der Waals surface area contributed by atoms with Crippen molar-refractivity contribution in [3.8, 4) is 0 Å².